The molecule has 2 aliphatic rings. The molecule has 2 rings (SSSR count). The van der Waals surface area contributed by atoms with Crippen LogP contribution < -0.4 is 0 Å². The predicted octanol–water partition coefficient (Wildman–Crippen LogP) is 0.644. The van der Waals surface area contributed by atoms with Crippen LogP contribution in [0.4, 0.5) is 0 Å². The summed E-state index contributed by atoms with van der Waals surface area (Å²) in [5, 5.41) is 0. The summed E-state index contributed by atoms with van der Waals surface area (Å²) in [5.41, 5.74) is 0. The third kappa shape index (κ3) is 1.22. The second kappa shape index (κ2) is 3.05. The topological polar surface area (TPSA) is 29.5 Å². The smallest absolute Gasteiger partial charge is 0.310 e. The van der Waals surface area contributed by atoms with Crippen molar-refractivity contribution in [1.29, 1.82) is 0 Å². The van der Waals surface area contributed by atoms with Crippen molar-refractivity contribution in [3.63, 3.8) is 0 Å². The number of carbonyl (C=O) groups excluding carboxylic acids is 1. The lowest BCUT2D eigenvalue weighted by atomic mass is 10.0. The highest BCUT2D eigenvalue weighted by atomic mass is 16.5. The molecule has 12 heavy (non-hydrogen) atoms. The zero-order valence-corrected chi connectivity index (χ0v) is 7.45. The Bertz CT molecular complexity index is 181. The molecule has 0 radical (unpaired) electrons. The Kier molecular flexibility index (Phi) is 2.05. The quantitative estimate of drug-likeness (QED) is 0.540. The first-order valence-corrected chi connectivity index (χ1v) is 4.63. The SMILES string of the molecule is COC(=O)[C@@H]1C[C@H]2CCCN2C1. The van der Waals surface area contributed by atoms with Crippen LogP contribution in [0.5, 0.6) is 0 Å². The van der Waals surface area contributed by atoms with Gasteiger partial charge in [-0.2, -0.15) is 0 Å². The van der Waals surface area contributed by atoms with E-state index in [1.807, 2.05) is 0 Å². The first-order chi connectivity index (χ1) is 5.81. The predicted molar refractivity (Wildman–Crippen MR) is 44.7 cm³/mol. The molecule has 0 amide bonds. The molecule has 0 saturated carbocycles. The highest BCUT2D eigenvalue weighted by Gasteiger charge is 2.38. The molecule has 2 heterocycles. The lowest BCUT2D eigenvalue weighted by Crippen LogP contribution is -2.24. The molecule has 3 nitrogen and oxygen atoms in total. The summed E-state index contributed by atoms with van der Waals surface area (Å²) in [6.45, 7) is 2.11. The van der Waals surface area contributed by atoms with Gasteiger partial charge in [0, 0.05) is 12.6 Å². The van der Waals surface area contributed by atoms with E-state index in [1.54, 1.807) is 0 Å². The van der Waals surface area contributed by atoms with E-state index < -0.39 is 0 Å². The maximum atomic E-state index is 11.2. The zero-order chi connectivity index (χ0) is 8.55. The highest BCUT2D eigenvalue weighted by Crippen LogP contribution is 2.31. The van der Waals surface area contributed by atoms with Crippen LogP contribution in [0.25, 0.3) is 0 Å². The molecule has 68 valence electrons. The van der Waals surface area contributed by atoms with Crippen LogP contribution in [0.15, 0.2) is 0 Å². The molecule has 0 N–H and O–H groups in total. The minimum Gasteiger partial charge on any atom is -0.469 e. The fraction of sp³-hybridized carbons (Fsp3) is 0.889. The van der Waals surface area contributed by atoms with Crippen molar-refractivity contribution in [3.05, 3.63) is 0 Å². The van der Waals surface area contributed by atoms with Crippen molar-refractivity contribution < 1.29 is 9.53 Å². The molecule has 2 saturated heterocycles. The van der Waals surface area contributed by atoms with E-state index in [2.05, 4.69) is 4.90 Å². The number of ether oxygens (including phenoxy) is 1. The van der Waals surface area contributed by atoms with Gasteiger partial charge < -0.3 is 4.74 Å². The molecule has 0 aromatic carbocycles. The van der Waals surface area contributed by atoms with E-state index in [-0.39, 0.29) is 11.9 Å². The van der Waals surface area contributed by atoms with Gasteiger partial charge in [0.2, 0.25) is 0 Å². The van der Waals surface area contributed by atoms with E-state index in [1.165, 1.54) is 26.5 Å². The van der Waals surface area contributed by atoms with Crippen molar-refractivity contribution in [2.75, 3.05) is 20.2 Å². The molecule has 0 bridgehead atoms. The van der Waals surface area contributed by atoms with Gasteiger partial charge in [0.05, 0.1) is 13.0 Å². The van der Waals surface area contributed by atoms with Crippen molar-refractivity contribution in [3.8, 4) is 0 Å². The largest absolute Gasteiger partial charge is 0.469 e. The monoisotopic (exact) mass is 169 g/mol. The standard InChI is InChI=1S/C9H15NO2/c1-12-9(11)7-5-8-3-2-4-10(8)6-7/h7-8H,2-6H2,1H3/t7-,8-/m1/s1. The van der Waals surface area contributed by atoms with Crippen LogP contribution >= 0.6 is 0 Å². The highest BCUT2D eigenvalue weighted by molar-refractivity contribution is 5.73. The lowest BCUT2D eigenvalue weighted by Gasteiger charge is -2.12. The second-order valence-electron chi connectivity index (χ2n) is 3.75. The minimum absolute atomic E-state index is 0.0237. The van der Waals surface area contributed by atoms with Gasteiger partial charge in [0.15, 0.2) is 0 Å². The summed E-state index contributed by atoms with van der Waals surface area (Å²) < 4.78 is 4.73. The Hall–Kier alpha value is -0.570. The number of esters is 1. The molecule has 0 unspecified atom stereocenters. The van der Waals surface area contributed by atoms with E-state index in [0.29, 0.717) is 6.04 Å². The van der Waals surface area contributed by atoms with Crippen LogP contribution in [-0.2, 0) is 9.53 Å². The summed E-state index contributed by atoms with van der Waals surface area (Å²) in [4.78, 5) is 13.6. The third-order valence-electron chi connectivity index (χ3n) is 3.05. The van der Waals surface area contributed by atoms with Gasteiger partial charge in [-0.1, -0.05) is 0 Å². The summed E-state index contributed by atoms with van der Waals surface area (Å²) in [5.74, 6) is 0.129. The molecule has 0 aromatic heterocycles. The first-order valence-electron chi connectivity index (χ1n) is 4.63. The average molecular weight is 169 g/mol. The molecule has 2 aliphatic heterocycles. The van der Waals surface area contributed by atoms with Crippen molar-refractivity contribution in [1.82, 2.24) is 4.90 Å². The summed E-state index contributed by atoms with van der Waals surface area (Å²) >= 11 is 0. The number of fused-ring (bicyclic) bond motifs is 1. The normalized spacial score (nSPS) is 35.1. The molecular weight excluding hydrogens is 154 g/mol. The number of methoxy groups -OCH3 is 1. The molecule has 2 fully saturated rings. The number of nitrogens with zero attached hydrogens (tertiary/aromatic N) is 1. The number of hydrogen-bond donors (Lipinski definition) is 0. The minimum atomic E-state index is -0.0237. The Balaban J connectivity index is 1.94. The van der Waals surface area contributed by atoms with Crippen molar-refractivity contribution >= 4 is 5.97 Å². The molecular formula is C9H15NO2. The van der Waals surface area contributed by atoms with Crippen LogP contribution in [-0.4, -0.2) is 37.1 Å². The first kappa shape index (κ1) is 8.05. The maximum absolute atomic E-state index is 11.2. The van der Waals surface area contributed by atoms with Gasteiger partial charge in [0.25, 0.3) is 0 Å². The number of carbonyl (C=O) groups is 1. The lowest BCUT2D eigenvalue weighted by molar-refractivity contribution is -0.145. The Labute approximate surface area is 72.7 Å². The Morgan fingerprint density at radius 3 is 3.08 bits per heavy atom. The van der Waals surface area contributed by atoms with Crippen LogP contribution in [0.2, 0.25) is 0 Å². The zero-order valence-electron chi connectivity index (χ0n) is 7.45. The molecule has 2 atom stereocenters. The molecule has 0 aliphatic carbocycles. The van der Waals surface area contributed by atoms with Gasteiger partial charge in [-0.05, 0) is 25.8 Å². The number of hydrogen-bond acceptors (Lipinski definition) is 3. The van der Waals surface area contributed by atoms with Gasteiger partial charge in [0.1, 0.15) is 0 Å². The Morgan fingerprint density at radius 2 is 2.42 bits per heavy atom. The van der Waals surface area contributed by atoms with E-state index >= 15 is 0 Å². The Morgan fingerprint density at radius 1 is 1.58 bits per heavy atom. The van der Waals surface area contributed by atoms with Gasteiger partial charge in [-0.15, -0.1) is 0 Å². The molecule has 0 spiro atoms. The average Bonchev–Trinajstić information content (AvgIpc) is 2.60. The second-order valence-corrected chi connectivity index (χ2v) is 3.75. The summed E-state index contributed by atoms with van der Waals surface area (Å²) in [6.07, 6.45) is 3.60. The van der Waals surface area contributed by atoms with Gasteiger partial charge >= 0.3 is 5.97 Å². The number of rotatable bonds is 1. The van der Waals surface area contributed by atoms with Gasteiger partial charge in [-0.3, -0.25) is 9.69 Å². The van der Waals surface area contributed by atoms with E-state index in [9.17, 15) is 4.79 Å². The summed E-state index contributed by atoms with van der Waals surface area (Å²) in [7, 11) is 1.48. The molecule has 3 heteroatoms. The van der Waals surface area contributed by atoms with E-state index in [0.717, 1.165) is 13.0 Å². The third-order valence-corrected chi connectivity index (χ3v) is 3.05. The van der Waals surface area contributed by atoms with Crippen molar-refractivity contribution in [2.24, 2.45) is 5.92 Å². The molecule has 0 aromatic rings. The fourth-order valence-electron chi connectivity index (χ4n) is 2.43. The summed E-state index contributed by atoms with van der Waals surface area (Å²) in [6, 6.07) is 0.675. The van der Waals surface area contributed by atoms with E-state index in [4.69, 9.17) is 4.74 Å². The van der Waals surface area contributed by atoms with Crippen molar-refractivity contribution in [2.45, 2.75) is 25.3 Å². The fourth-order valence-corrected chi connectivity index (χ4v) is 2.43. The van der Waals surface area contributed by atoms with Crippen LogP contribution in [0, 0.1) is 5.92 Å². The van der Waals surface area contributed by atoms with Gasteiger partial charge in [-0.25, -0.2) is 0 Å². The maximum Gasteiger partial charge on any atom is 0.310 e. The van der Waals surface area contributed by atoms with Crippen LogP contribution in [0.1, 0.15) is 19.3 Å². The van der Waals surface area contributed by atoms with Crippen LogP contribution in [0.3, 0.4) is 0 Å².